The van der Waals surface area contributed by atoms with Crippen LogP contribution in [-0.2, 0) is 52.4 Å². The maximum atomic E-state index is 13.9. The van der Waals surface area contributed by atoms with Crippen LogP contribution in [0.3, 0.4) is 0 Å². The first kappa shape index (κ1) is 33.4. The largest absolute Gasteiger partial charge is 0.647 e. The van der Waals surface area contributed by atoms with Crippen molar-refractivity contribution < 1.29 is 46.7 Å². The zero-order valence-corrected chi connectivity index (χ0v) is 24.9. The van der Waals surface area contributed by atoms with E-state index in [0.29, 0.717) is 19.3 Å². The highest BCUT2D eigenvalue weighted by Crippen LogP contribution is 2.49. The molecule has 0 atom stereocenters. The third-order valence-electron chi connectivity index (χ3n) is 5.83. The van der Waals surface area contributed by atoms with Crippen molar-refractivity contribution >= 4 is 25.7 Å². The van der Waals surface area contributed by atoms with Crippen LogP contribution < -0.4 is 13.6 Å². The normalized spacial score (nSPS) is 10.5. The van der Waals surface area contributed by atoms with Crippen molar-refractivity contribution in [1.82, 2.24) is 0 Å². The first-order valence-electron chi connectivity index (χ1n) is 13.5. The maximum Gasteiger partial charge on any atom is 0.647 e. The molecule has 3 rings (SSSR count). The number of esters is 3. The number of hydrogen-bond acceptors (Lipinski definition) is 10. The Bertz CT molecular complexity index is 1300. The first-order chi connectivity index (χ1) is 21.2. The van der Waals surface area contributed by atoms with Crippen LogP contribution in [-0.4, -0.2) is 37.7 Å². The van der Waals surface area contributed by atoms with Gasteiger partial charge in [-0.3, -0.25) is 0 Å². The van der Waals surface area contributed by atoms with E-state index < -0.39 is 25.7 Å². The van der Waals surface area contributed by atoms with Gasteiger partial charge in [0.25, 0.3) is 0 Å². The lowest BCUT2D eigenvalue weighted by Crippen LogP contribution is -2.08. The summed E-state index contributed by atoms with van der Waals surface area (Å²) >= 11 is 0. The molecule has 0 aliphatic carbocycles. The highest BCUT2D eigenvalue weighted by molar-refractivity contribution is 7.49. The summed E-state index contributed by atoms with van der Waals surface area (Å²) in [5, 5.41) is 0. The fourth-order valence-electron chi connectivity index (χ4n) is 3.58. The van der Waals surface area contributed by atoms with Crippen LogP contribution in [0, 0.1) is 0 Å². The Morgan fingerprint density at radius 2 is 0.750 bits per heavy atom. The molecule has 11 heteroatoms. The summed E-state index contributed by atoms with van der Waals surface area (Å²) in [5.41, 5.74) is 2.57. The van der Waals surface area contributed by atoms with Crippen molar-refractivity contribution in [2.75, 3.05) is 19.8 Å². The van der Waals surface area contributed by atoms with Crippen LogP contribution in [0.25, 0.3) is 0 Å². The molecule has 3 aromatic rings. The second-order valence-corrected chi connectivity index (χ2v) is 10.5. The number of rotatable bonds is 18. The van der Waals surface area contributed by atoms with E-state index in [-0.39, 0.29) is 37.1 Å². The van der Waals surface area contributed by atoms with Gasteiger partial charge < -0.3 is 27.8 Å². The van der Waals surface area contributed by atoms with Crippen LogP contribution in [0.4, 0.5) is 0 Å². The van der Waals surface area contributed by atoms with Gasteiger partial charge in [0.2, 0.25) is 0 Å². The molecule has 0 spiro atoms. The third kappa shape index (κ3) is 11.7. The first-order valence-corrected chi connectivity index (χ1v) is 15.0. The summed E-state index contributed by atoms with van der Waals surface area (Å²) < 4.78 is 46.3. The van der Waals surface area contributed by atoms with Gasteiger partial charge in [0, 0.05) is 37.5 Å². The van der Waals surface area contributed by atoms with E-state index in [4.69, 9.17) is 27.8 Å². The minimum Gasteiger partial charge on any atom is -0.462 e. The molecular weight excluding hydrogens is 587 g/mol. The molecule has 0 unspecified atom stereocenters. The molecule has 10 nitrogen and oxygen atoms in total. The fourth-order valence-corrected chi connectivity index (χ4v) is 4.83. The molecule has 0 bridgehead atoms. The Hall–Kier alpha value is -5.08. The minimum absolute atomic E-state index is 0.176. The molecule has 0 aliphatic rings. The molecule has 0 saturated heterocycles. The van der Waals surface area contributed by atoms with Crippen LogP contribution in [0.5, 0.6) is 17.2 Å². The van der Waals surface area contributed by atoms with Crippen LogP contribution >= 0.6 is 7.82 Å². The van der Waals surface area contributed by atoms with Crippen LogP contribution in [0.15, 0.2) is 111 Å². The molecule has 44 heavy (non-hydrogen) atoms. The summed E-state index contributed by atoms with van der Waals surface area (Å²) in [7, 11) is -4.29. The molecule has 0 heterocycles. The predicted molar refractivity (Wildman–Crippen MR) is 163 cm³/mol. The molecule has 3 aromatic carbocycles. The average molecular weight is 621 g/mol. The lowest BCUT2D eigenvalue weighted by Gasteiger charge is -2.20. The monoisotopic (exact) mass is 620 g/mol. The van der Waals surface area contributed by atoms with Gasteiger partial charge in [-0.25, -0.2) is 14.4 Å². The number of benzene rings is 3. The quantitative estimate of drug-likeness (QED) is 0.0708. The van der Waals surface area contributed by atoms with E-state index in [1.54, 1.807) is 72.8 Å². The molecule has 0 aliphatic heterocycles. The van der Waals surface area contributed by atoms with Gasteiger partial charge in [0.15, 0.2) is 0 Å². The summed E-state index contributed by atoms with van der Waals surface area (Å²) in [6.45, 7) is 10.6. The molecule has 0 fully saturated rings. The van der Waals surface area contributed by atoms with Gasteiger partial charge in [0.1, 0.15) is 17.2 Å². The van der Waals surface area contributed by atoms with Crippen LogP contribution in [0.2, 0.25) is 0 Å². The summed E-state index contributed by atoms with van der Waals surface area (Å²) in [4.78, 5) is 33.8. The smallest absolute Gasteiger partial charge is 0.462 e. The van der Waals surface area contributed by atoms with E-state index in [1.165, 1.54) is 0 Å². The number of carbonyl (C=O) groups is 3. The molecule has 0 N–H and O–H groups in total. The van der Waals surface area contributed by atoms with Crippen molar-refractivity contribution in [2.24, 2.45) is 0 Å². The standard InChI is InChI=1S/C33H33O10P/c1-4-31(34)38-22-19-25-7-13-28(14-8-25)41-44(37,42-29-15-9-26(10-16-29)20-23-39-32(35)5-2)43-30-17-11-27(12-18-30)21-24-40-33(36)6-3/h4-18H,1-3,19-24H2. The number of phosphoric acid groups is 1. The van der Waals surface area contributed by atoms with Crippen molar-refractivity contribution in [2.45, 2.75) is 19.3 Å². The van der Waals surface area contributed by atoms with Crippen LogP contribution in [0.1, 0.15) is 16.7 Å². The van der Waals surface area contributed by atoms with Crippen molar-refractivity contribution in [3.63, 3.8) is 0 Å². The van der Waals surface area contributed by atoms with Crippen molar-refractivity contribution in [3.05, 3.63) is 127 Å². The molecule has 0 amide bonds. The summed E-state index contributed by atoms with van der Waals surface area (Å²) in [5.74, 6) is -0.847. The minimum atomic E-state index is -4.29. The lowest BCUT2D eigenvalue weighted by atomic mass is 10.1. The number of hydrogen-bond donors (Lipinski definition) is 0. The van der Waals surface area contributed by atoms with Crippen molar-refractivity contribution in [3.8, 4) is 17.2 Å². The Balaban J connectivity index is 1.72. The zero-order valence-electron chi connectivity index (χ0n) is 24.1. The highest BCUT2D eigenvalue weighted by Gasteiger charge is 2.33. The van der Waals surface area contributed by atoms with E-state index in [2.05, 4.69) is 19.7 Å². The Morgan fingerprint density at radius 1 is 0.500 bits per heavy atom. The lowest BCUT2D eigenvalue weighted by molar-refractivity contribution is -0.138. The number of carbonyl (C=O) groups excluding carboxylic acids is 3. The SMILES string of the molecule is C=CC(=O)OCCc1ccc(OP(=O)(Oc2ccc(CCOC(=O)C=C)cc2)Oc2ccc(CCOC(=O)C=C)cc2)cc1. The third-order valence-corrected chi connectivity index (χ3v) is 7.13. The molecule has 0 saturated carbocycles. The number of phosphoric ester groups is 1. The summed E-state index contributed by atoms with van der Waals surface area (Å²) in [6, 6.07) is 20.1. The Kier molecular flexibility index (Phi) is 13.0. The maximum absolute atomic E-state index is 13.9. The van der Waals surface area contributed by atoms with Crippen molar-refractivity contribution in [1.29, 1.82) is 0 Å². The number of ether oxygens (including phenoxy) is 3. The fraction of sp³-hybridized carbons (Fsp3) is 0.182. The molecule has 0 radical (unpaired) electrons. The van der Waals surface area contributed by atoms with Gasteiger partial charge in [-0.05, 0) is 53.1 Å². The predicted octanol–water partition coefficient (Wildman–Crippen LogP) is 6.15. The van der Waals surface area contributed by atoms with E-state index in [0.717, 1.165) is 34.9 Å². The Morgan fingerprint density at radius 3 is 0.977 bits per heavy atom. The Labute approximate surface area is 256 Å². The summed E-state index contributed by atoms with van der Waals surface area (Å²) in [6.07, 6.45) is 4.67. The highest BCUT2D eigenvalue weighted by atomic mass is 31.2. The molecule has 0 aromatic heterocycles. The zero-order chi connectivity index (χ0) is 31.8. The topological polar surface area (TPSA) is 124 Å². The van der Waals surface area contributed by atoms with E-state index in [9.17, 15) is 18.9 Å². The van der Waals surface area contributed by atoms with E-state index >= 15 is 0 Å². The molecular formula is C33H33O10P. The second kappa shape index (κ2) is 17.1. The molecule has 230 valence electrons. The second-order valence-electron chi connectivity index (χ2n) is 9.02. The van der Waals surface area contributed by atoms with Gasteiger partial charge in [-0.15, -0.1) is 0 Å². The van der Waals surface area contributed by atoms with Gasteiger partial charge in [-0.2, -0.15) is 4.57 Å². The van der Waals surface area contributed by atoms with Gasteiger partial charge in [-0.1, -0.05) is 56.1 Å². The van der Waals surface area contributed by atoms with Gasteiger partial charge >= 0.3 is 25.7 Å². The van der Waals surface area contributed by atoms with Gasteiger partial charge in [0.05, 0.1) is 19.8 Å². The average Bonchev–Trinajstić information content (AvgIpc) is 3.03. The van der Waals surface area contributed by atoms with E-state index in [1.807, 2.05) is 0 Å².